The van der Waals surface area contributed by atoms with E-state index in [1.54, 1.807) is 27.7 Å². The van der Waals surface area contributed by atoms with E-state index < -0.39 is 5.97 Å². The van der Waals surface area contributed by atoms with Crippen molar-refractivity contribution >= 4 is 11.9 Å². The number of hydrogen-bond acceptors (Lipinski definition) is 4. The number of nitrogens with one attached hydrogen (secondary N) is 1. The van der Waals surface area contributed by atoms with Crippen molar-refractivity contribution in [2.75, 3.05) is 0 Å². The van der Waals surface area contributed by atoms with E-state index in [0.29, 0.717) is 12.0 Å². The smallest absolute Gasteiger partial charge is 0.303 e. The summed E-state index contributed by atoms with van der Waals surface area (Å²) in [5.41, 5.74) is 4.98. The highest BCUT2D eigenvalue weighted by molar-refractivity contribution is 5.94. The minimum atomic E-state index is -0.826. The van der Waals surface area contributed by atoms with E-state index in [-0.39, 0.29) is 18.4 Å². The number of carbonyl (C=O) groups is 2. The predicted molar refractivity (Wildman–Crippen MR) is 108 cm³/mol. The Labute approximate surface area is 169 Å². The lowest BCUT2D eigenvalue weighted by molar-refractivity contribution is -0.136. The first-order chi connectivity index (χ1) is 13.8. The third kappa shape index (κ3) is 4.53. The molecular formula is C21H25N5O3. The average Bonchev–Trinajstić information content (AvgIpc) is 3.23. The van der Waals surface area contributed by atoms with Crippen LogP contribution in [0.25, 0.3) is 5.69 Å². The molecule has 0 radical (unpaired) electrons. The molecule has 0 aliphatic carbocycles. The minimum absolute atomic E-state index is 0.0710. The molecule has 2 heterocycles. The molecule has 3 aromatic rings. The van der Waals surface area contributed by atoms with Gasteiger partial charge in [0, 0.05) is 36.5 Å². The molecule has 1 aromatic carbocycles. The zero-order chi connectivity index (χ0) is 21.1. The fourth-order valence-electron chi connectivity index (χ4n) is 3.30. The summed E-state index contributed by atoms with van der Waals surface area (Å²) in [6, 6.07) is 7.04. The maximum atomic E-state index is 12.5. The molecule has 1 amide bonds. The highest BCUT2D eigenvalue weighted by atomic mass is 16.4. The molecule has 152 valence electrons. The third-order valence-corrected chi connectivity index (χ3v) is 4.98. The summed E-state index contributed by atoms with van der Waals surface area (Å²) < 4.78 is 3.48. The first-order valence-electron chi connectivity index (χ1n) is 9.43. The lowest BCUT2D eigenvalue weighted by atomic mass is 10.1. The molecule has 29 heavy (non-hydrogen) atoms. The normalized spacial score (nSPS) is 12.0. The Bertz CT molecular complexity index is 1030. The molecule has 0 saturated heterocycles. The van der Waals surface area contributed by atoms with Gasteiger partial charge in [0.15, 0.2) is 0 Å². The van der Waals surface area contributed by atoms with Gasteiger partial charge in [0.2, 0.25) is 0 Å². The molecule has 0 aliphatic heterocycles. The van der Waals surface area contributed by atoms with Gasteiger partial charge in [-0.25, -0.2) is 4.68 Å². The van der Waals surface area contributed by atoms with Crippen LogP contribution in [0.15, 0.2) is 36.7 Å². The summed E-state index contributed by atoms with van der Waals surface area (Å²) in [5.74, 6) is -0.990. The molecule has 8 nitrogen and oxygen atoms in total. The van der Waals surface area contributed by atoms with Crippen LogP contribution >= 0.6 is 0 Å². The van der Waals surface area contributed by atoms with Crippen molar-refractivity contribution in [1.82, 2.24) is 24.9 Å². The number of aryl methyl sites for hydroxylation is 2. The largest absolute Gasteiger partial charge is 0.481 e. The number of nitrogens with zero attached hydrogens (tertiary/aromatic N) is 4. The van der Waals surface area contributed by atoms with Crippen LogP contribution in [0.1, 0.15) is 52.3 Å². The molecule has 0 spiro atoms. The number of benzene rings is 1. The topological polar surface area (TPSA) is 102 Å². The maximum Gasteiger partial charge on any atom is 0.303 e. The lowest BCUT2D eigenvalue weighted by Gasteiger charge is -2.12. The standard InChI is InChI=1S/C21H25N5O3/c1-13(17-11-22-25(4)12-17)23-21(29)16-5-7-18(8-6-16)26-15(3)19(14(2)24-26)9-10-20(27)28/h5-8,11-13H,9-10H2,1-4H3,(H,23,29)(H,27,28). The lowest BCUT2D eigenvalue weighted by Crippen LogP contribution is -2.26. The Morgan fingerprint density at radius 1 is 1.21 bits per heavy atom. The zero-order valence-electron chi connectivity index (χ0n) is 17.0. The maximum absolute atomic E-state index is 12.5. The van der Waals surface area contributed by atoms with E-state index in [1.807, 2.05) is 46.1 Å². The second kappa shape index (κ2) is 8.30. The summed E-state index contributed by atoms with van der Waals surface area (Å²) in [7, 11) is 1.84. The van der Waals surface area contributed by atoms with Crippen molar-refractivity contribution in [3.8, 4) is 5.69 Å². The van der Waals surface area contributed by atoms with Gasteiger partial charge in [0.25, 0.3) is 5.91 Å². The van der Waals surface area contributed by atoms with Crippen LogP contribution in [0.2, 0.25) is 0 Å². The Morgan fingerprint density at radius 3 is 2.48 bits per heavy atom. The predicted octanol–water partition coefficient (Wildman–Crippen LogP) is 2.73. The molecule has 2 N–H and O–H groups in total. The summed E-state index contributed by atoms with van der Waals surface area (Å²) in [6.07, 6.45) is 4.12. The highest BCUT2D eigenvalue weighted by Crippen LogP contribution is 2.20. The van der Waals surface area contributed by atoms with Crippen LogP contribution in [0.5, 0.6) is 0 Å². The molecular weight excluding hydrogens is 370 g/mol. The molecule has 1 atom stereocenters. The quantitative estimate of drug-likeness (QED) is 0.640. The molecule has 0 saturated carbocycles. The highest BCUT2D eigenvalue weighted by Gasteiger charge is 2.16. The van der Waals surface area contributed by atoms with E-state index in [2.05, 4.69) is 15.5 Å². The molecule has 1 unspecified atom stereocenters. The minimum Gasteiger partial charge on any atom is -0.481 e. The number of aliphatic carboxylic acids is 1. The van der Waals surface area contributed by atoms with E-state index in [9.17, 15) is 9.59 Å². The van der Waals surface area contributed by atoms with Crippen LogP contribution in [0, 0.1) is 13.8 Å². The van der Waals surface area contributed by atoms with Gasteiger partial charge in [-0.15, -0.1) is 0 Å². The van der Waals surface area contributed by atoms with Gasteiger partial charge in [0.1, 0.15) is 0 Å². The number of aromatic nitrogens is 4. The van der Waals surface area contributed by atoms with Crippen molar-refractivity contribution in [3.05, 3.63) is 64.7 Å². The summed E-state index contributed by atoms with van der Waals surface area (Å²) >= 11 is 0. The number of carboxylic acid groups (broad SMARTS) is 1. The Morgan fingerprint density at radius 2 is 1.90 bits per heavy atom. The van der Waals surface area contributed by atoms with Crippen molar-refractivity contribution in [3.63, 3.8) is 0 Å². The zero-order valence-corrected chi connectivity index (χ0v) is 17.0. The van der Waals surface area contributed by atoms with E-state index >= 15 is 0 Å². The first-order valence-corrected chi connectivity index (χ1v) is 9.43. The van der Waals surface area contributed by atoms with E-state index in [4.69, 9.17) is 5.11 Å². The second-order valence-corrected chi connectivity index (χ2v) is 7.14. The SMILES string of the molecule is Cc1nn(-c2ccc(C(=O)NC(C)c3cnn(C)c3)cc2)c(C)c1CCC(=O)O. The molecule has 2 aromatic heterocycles. The Hall–Kier alpha value is -3.42. The number of carbonyl (C=O) groups excluding carboxylic acids is 1. The monoisotopic (exact) mass is 395 g/mol. The fraction of sp³-hybridized carbons (Fsp3) is 0.333. The third-order valence-electron chi connectivity index (χ3n) is 4.98. The number of amides is 1. The number of rotatable bonds is 7. The van der Waals surface area contributed by atoms with Crippen molar-refractivity contribution in [1.29, 1.82) is 0 Å². The number of hydrogen-bond donors (Lipinski definition) is 2. The molecule has 0 aliphatic rings. The van der Waals surface area contributed by atoms with Crippen LogP contribution in [-0.4, -0.2) is 36.5 Å². The fourth-order valence-corrected chi connectivity index (χ4v) is 3.30. The molecule has 0 bridgehead atoms. The molecule has 8 heteroatoms. The molecule has 3 rings (SSSR count). The van der Waals surface area contributed by atoms with E-state index in [1.165, 1.54) is 0 Å². The summed E-state index contributed by atoms with van der Waals surface area (Å²) in [6.45, 7) is 5.72. The van der Waals surface area contributed by atoms with Gasteiger partial charge in [0.05, 0.1) is 23.6 Å². The van der Waals surface area contributed by atoms with Gasteiger partial charge >= 0.3 is 5.97 Å². The van der Waals surface area contributed by atoms with Crippen LogP contribution in [0.3, 0.4) is 0 Å². The van der Waals surface area contributed by atoms with Gasteiger partial charge in [-0.05, 0) is 57.0 Å². The molecule has 0 fully saturated rings. The van der Waals surface area contributed by atoms with Gasteiger partial charge in [-0.1, -0.05) is 0 Å². The van der Waals surface area contributed by atoms with Gasteiger partial charge < -0.3 is 10.4 Å². The average molecular weight is 395 g/mol. The number of carboxylic acids is 1. The van der Waals surface area contributed by atoms with Crippen LogP contribution in [0.4, 0.5) is 0 Å². The van der Waals surface area contributed by atoms with Crippen molar-refractivity contribution in [2.45, 2.75) is 39.7 Å². The van der Waals surface area contributed by atoms with Gasteiger partial charge in [-0.3, -0.25) is 14.3 Å². The van der Waals surface area contributed by atoms with Crippen molar-refractivity contribution in [2.24, 2.45) is 7.05 Å². The first kappa shape index (κ1) is 20.3. The van der Waals surface area contributed by atoms with Crippen LogP contribution in [-0.2, 0) is 18.3 Å². The Kier molecular flexibility index (Phi) is 5.81. The summed E-state index contributed by atoms with van der Waals surface area (Å²) in [4.78, 5) is 23.4. The Balaban J connectivity index is 1.74. The second-order valence-electron chi connectivity index (χ2n) is 7.14. The van der Waals surface area contributed by atoms with Gasteiger partial charge in [-0.2, -0.15) is 10.2 Å². The van der Waals surface area contributed by atoms with Crippen molar-refractivity contribution < 1.29 is 14.7 Å². The van der Waals surface area contributed by atoms with Crippen LogP contribution < -0.4 is 5.32 Å². The van der Waals surface area contributed by atoms with E-state index in [0.717, 1.165) is 28.2 Å². The summed E-state index contributed by atoms with van der Waals surface area (Å²) in [5, 5.41) is 20.6.